The van der Waals surface area contributed by atoms with Crippen molar-refractivity contribution in [2.75, 3.05) is 0 Å². The van der Waals surface area contributed by atoms with Crippen LogP contribution in [0.3, 0.4) is 0 Å². The summed E-state index contributed by atoms with van der Waals surface area (Å²) in [6, 6.07) is 0. The Morgan fingerprint density at radius 2 is 0.850 bits per heavy atom. The highest BCUT2D eigenvalue weighted by Crippen LogP contribution is 2.09. The molecule has 0 aliphatic rings. The van der Waals surface area contributed by atoms with E-state index >= 15 is 0 Å². The van der Waals surface area contributed by atoms with Crippen LogP contribution in [-0.2, 0) is 0 Å². The predicted molar refractivity (Wildman–Crippen MR) is 94.3 cm³/mol. The Morgan fingerprint density at radius 3 is 1.40 bits per heavy atom. The van der Waals surface area contributed by atoms with Crippen molar-refractivity contribution in [3.05, 3.63) is 24.3 Å². The average molecular weight is 279 g/mol. The molecule has 0 fully saturated rings. The monoisotopic (exact) mass is 278 g/mol. The van der Waals surface area contributed by atoms with E-state index in [1.54, 1.807) is 0 Å². The maximum atomic E-state index is 2.37. The summed E-state index contributed by atoms with van der Waals surface area (Å²) in [7, 11) is 0. The lowest BCUT2D eigenvalue weighted by Gasteiger charge is -1.99. The molecule has 0 aromatic carbocycles. The largest absolute Gasteiger partial charge is 0.0882 e. The van der Waals surface area contributed by atoms with Gasteiger partial charge in [0.2, 0.25) is 0 Å². The molecule has 0 aromatic heterocycles. The van der Waals surface area contributed by atoms with Crippen LogP contribution in [0.25, 0.3) is 0 Å². The summed E-state index contributed by atoms with van der Waals surface area (Å²) in [4.78, 5) is 0. The minimum absolute atomic E-state index is 1.13. The second-order valence-electron chi connectivity index (χ2n) is 5.94. The minimum Gasteiger partial charge on any atom is -0.0882 e. The van der Waals surface area contributed by atoms with Crippen LogP contribution in [0.5, 0.6) is 0 Å². The van der Waals surface area contributed by atoms with Gasteiger partial charge in [0.1, 0.15) is 0 Å². The summed E-state index contributed by atoms with van der Waals surface area (Å²) in [6.45, 7) is 4.55. The summed E-state index contributed by atoms with van der Waals surface area (Å²) >= 11 is 0. The van der Waals surface area contributed by atoms with Crippen molar-refractivity contribution in [1.82, 2.24) is 0 Å². The first-order valence-electron chi connectivity index (χ1n) is 9.21. The smallest absolute Gasteiger partial charge is 0.0169 e. The molecule has 0 aromatic rings. The third-order valence-corrected chi connectivity index (χ3v) is 3.80. The second-order valence-corrected chi connectivity index (χ2v) is 5.94. The summed E-state index contributed by atoms with van der Waals surface area (Å²) in [6.07, 6.45) is 28.5. The highest BCUT2D eigenvalue weighted by Gasteiger charge is 1.90. The van der Waals surface area contributed by atoms with Gasteiger partial charge in [-0.1, -0.05) is 95.9 Å². The zero-order valence-corrected chi connectivity index (χ0v) is 14.2. The first kappa shape index (κ1) is 19.5. The van der Waals surface area contributed by atoms with E-state index in [2.05, 4.69) is 38.2 Å². The molecule has 0 unspecified atom stereocenters. The van der Waals surface area contributed by atoms with Gasteiger partial charge in [0.15, 0.2) is 0 Å². The van der Waals surface area contributed by atoms with Crippen LogP contribution in [0, 0.1) is 0 Å². The van der Waals surface area contributed by atoms with Crippen LogP contribution in [0.4, 0.5) is 0 Å². The van der Waals surface area contributed by atoms with Crippen molar-refractivity contribution >= 4 is 0 Å². The first-order valence-corrected chi connectivity index (χ1v) is 9.21. The van der Waals surface area contributed by atoms with Crippen molar-refractivity contribution in [3.63, 3.8) is 0 Å². The lowest BCUT2D eigenvalue weighted by molar-refractivity contribution is 0.577. The van der Waals surface area contributed by atoms with Gasteiger partial charge in [-0.25, -0.2) is 0 Å². The van der Waals surface area contributed by atoms with Crippen molar-refractivity contribution in [1.29, 1.82) is 0 Å². The number of hydrogen-bond acceptors (Lipinski definition) is 0. The molecule has 0 rings (SSSR count). The van der Waals surface area contributed by atoms with E-state index in [4.69, 9.17) is 0 Å². The zero-order chi connectivity index (χ0) is 14.7. The fourth-order valence-electron chi connectivity index (χ4n) is 2.41. The third kappa shape index (κ3) is 17.5. The maximum Gasteiger partial charge on any atom is -0.0169 e. The van der Waals surface area contributed by atoms with Gasteiger partial charge in [0.25, 0.3) is 0 Å². The molecule has 0 aliphatic heterocycles. The Morgan fingerprint density at radius 1 is 0.450 bits per heavy atom. The molecule has 0 nitrogen and oxygen atoms in total. The highest BCUT2D eigenvalue weighted by molar-refractivity contribution is 4.92. The zero-order valence-electron chi connectivity index (χ0n) is 14.2. The Balaban J connectivity index is 3.12. The average Bonchev–Trinajstić information content (AvgIpc) is 2.47. The van der Waals surface area contributed by atoms with E-state index in [1.807, 2.05) is 0 Å². The van der Waals surface area contributed by atoms with Gasteiger partial charge in [-0.05, 0) is 32.1 Å². The van der Waals surface area contributed by atoms with Crippen LogP contribution < -0.4 is 0 Å². The second kappa shape index (κ2) is 18.5. The highest BCUT2D eigenvalue weighted by atomic mass is 14.0. The van der Waals surface area contributed by atoms with Crippen LogP contribution >= 0.6 is 0 Å². The van der Waals surface area contributed by atoms with E-state index in [0.717, 1.165) is 6.42 Å². The van der Waals surface area contributed by atoms with Gasteiger partial charge >= 0.3 is 0 Å². The molecule has 20 heavy (non-hydrogen) atoms. The summed E-state index contributed by atoms with van der Waals surface area (Å²) in [5, 5.41) is 0. The summed E-state index contributed by atoms with van der Waals surface area (Å²) in [5.41, 5.74) is 0. The van der Waals surface area contributed by atoms with E-state index in [9.17, 15) is 0 Å². The quantitative estimate of drug-likeness (QED) is 0.214. The minimum atomic E-state index is 1.13. The van der Waals surface area contributed by atoms with Gasteiger partial charge in [-0.2, -0.15) is 0 Å². The van der Waals surface area contributed by atoms with E-state index in [1.165, 1.54) is 83.5 Å². The fourth-order valence-corrected chi connectivity index (χ4v) is 2.41. The van der Waals surface area contributed by atoms with E-state index in [-0.39, 0.29) is 0 Å². The molecule has 0 saturated carbocycles. The van der Waals surface area contributed by atoms with Gasteiger partial charge in [0, 0.05) is 0 Å². The number of unbranched alkanes of at least 4 members (excludes halogenated alkanes) is 11. The predicted octanol–water partition coefficient (Wildman–Crippen LogP) is 7.60. The van der Waals surface area contributed by atoms with Gasteiger partial charge < -0.3 is 0 Å². The first-order chi connectivity index (χ1) is 9.91. The van der Waals surface area contributed by atoms with Crippen molar-refractivity contribution in [2.24, 2.45) is 0 Å². The molecule has 0 bridgehead atoms. The van der Waals surface area contributed by atoms with E-state index in [0.29, 0.717) is 0 Å². The third-order valence-electron chi connectivity index (χ3n) is 3.80. The molecule has 0 atom stereocenters. The molecule has 0 heteroatoms. The Bertz CT molecular complexity index is 212. The molecule has 0 saturated heterocycles. The molecular weight excluding hydrogens is 240 g/mol. The Kier molecular flexibility index (Phi) is 18.0. The fraction of sp³-hybridized carbons (Fsp3) is 0.800. The lowest BCUT2D eigenvalue weighted by atomic mass is 10.1. The number of allylic oxidation sites excluding steroid dienone is 4. The summed E-state index contributed by atoms with van der Waals surface area (Å²) in [5.74, 6) is 0. The molecule has 0 amide bonds. The molecule has 0 aliphatic carbocycles. The maximum absolute atomic E-state index is 2.37. The van der Waals surface area contributed by atoms with Gasteiger partial charge in [-0.15, -0.1) is 0 Å². The normalized spacial score (nSPS) is 11.9. The topological polar surface area (TPSA) is 0 Å². The van der Waals surface area contributed by atoms with Gasteiger partial charge in [0.05, 0.1) is 0 Å². The SMILES string of the molecule is CCCCCC=CC/C=C\CCCCCCCCCC. The molecule has 0 N–H and O–H groups in total. The molecular formula is C20H38. The number of hydrogen-bond donors (Lipinski definition) is 0. The van der Waals surface area contributed by atoms with Gasteiger partial charge in [-0.3, -0.25) is 0 Å². The Hall–Kier alpha value is -0.520. The van der Waals surface area contributed by atoms with Crippen molar-refractivity contribution < 1.29 is 0 Å². The van der Waals surface area contributed by atoms with E-state index < -0.39 is 0 Å². The Labute approximate surface area is 128 Å². The van der Waals surface area contributed by atoms with Crippen molar-refractivity contribution in [3.8, 4) is 0 Å². The molecule has 0 spiro atoms. The van der Waals surface area contributed by atoms with Crippen LogP contribution in [0.15, 0.2) is 24.3 Å². The van der Waals surface area contributed by atoms with Crippen LogP contribution in [0.2, 0.25) is 0 Å². The van der Waals surface area contributed by atoms with Crippen molar-refractivity contribution in [2.45, 2.75) is 104 Å². The molecule has 0 radical (unpaired) electrons. The van der Waals surface area contributed by atoms with Crippen LogP contribution in [0.1, 0.15) is 104 Å². The molecule has 118 valence electrons. The lowest BCUT2D eigenvalue weighted by Crippen LogP contribution is -1.79. The van der Waals surface area contributed by atoms with Crippen LogP contribution in [-0.4, -0.2) is 0 Å². The molecule has 0 heterocycles. The summed E-state index contributed by atoms with van der Waals surface area (Å²) < 4.78 is 0. The number of rotatable bonds is 15. The standard InChI is InChI=1S/C20H38/c1-3-5-7-9-11-13-15-17-19-20-18-16-14-12-10-8-6-4-2/h11,13,17,19H,3-10,12,14-16,18,20H2,1-2H3/b13-11?,19-17-.